The van der Waals surface area contributed by atoms with Crippen LogP contribution in [0.5, 0.6) is 0 Å². The van der Waals surface area contributed by atoms with Gasteiger partial charge in [0.05, 0.1) is 0 Å². The smallest absolute Gasteiger partial charge is 0.322 e. The molecule has 0 spiro atoms. The van der Waals surface area contributed by atoms with Crippen LogP contribution in [-0.2, 0) is 4.57 Å². The third kappa shape index (κ3) is 2.71. The molecule has 6 heteroatoms. The maximum Gasteiger partial charge on any atom is 0.360 e. The Hall–Kier alpha value is 0.400. The summed E-state index contributed by atoms with van der Waals surface area (Å²) in [4.78, 5) is 11.3. The predicted molar refractivity (Wildman–Crippen MR) is 49.4 cm³/mol. The first-order chi connectivity index (χ1) is 5.54. The molecule has 0 aromatic carbocycles. The fourth-order valence-corrected chi connectivity index (χ4v) is 2.43. The van der Waals surface area contributed by atoms with Gasteiger partial charge in [-0.3, -0.25) is 4.57 Å². The number of hydrogen-bond acceptors (Lipinski definition) is 2. The van der Waals surface area contributed by atoms with Gasteiger partial charge in [-0.05, 0) is 17.8 Å². The van der Waals surface area contributed by atoms with Gasteiger partial charge in [-0.1, -0.05) is 6.92 Å². The van der Waals surface area contributed by atoms with Gasteiger partial charge in [-0.2, -0.15) is 0 Å². The number of halogens is 1. The summed E-state index contributed by atoms with van der Waals surface area (Å²) in [6, 6.07) is 0. The standard InChI is InChI=1S/C6H14ClN2O2P/c1-2-8-3-5-9(6-4-8)12(7,10)11/h2-6H2,1H3,(H,10,11). The van der Waals surface area contributed by atoms with E-state index in [1.54, 1.807) is 0 Å². The molecule has 12 heavy (non-hydrogen) atoms. The van der Waals surface area contributed by atoms with Crippen molar-refractivity contribution < 1.29 is 9.46 Å². The Bertz CT molecular complexity index is 188. The topological polar surface area (TPSA) is 43.8 Å². The van der Waals surface area contributed by atoms with Crippen LogP contribution < -0.4 is 0 Å². The SMILES string of the molecule is CCN1CCN(P(=O)(O)Cl)CC1. The van der Waals surface area contributed by atoms with Gasteiger partial charge in [0.1, 0.15) is 0 Å². The van der Waals surface area contributed by atoms with Crippen LogP contribution in [0.3, 0.4) is 0 Å². The van der Waals surface area contributed by atoms with Crippen LogP contribution in [-0.4, -0.2) is 47.2 Å². The molecule has 1 fully saturated rings. The van der Waals surface area contributed by atoms with Gasteiger partial charge in [0.15, 0.2) is 0 Å². The number of piperazine rings is 1. The van der Waals surface area contributed by atoms with Crippen LogP contribution in [0.25, 0.3) is 0 Å². The maximum atomic E-state index is 11.0. The molecule has 72 valence electrons. The van der Waals surface area contributed by atoms with Crippen molar-refractivity contribution in [2.75, 3.05) is 32.7 Å². The number of rotatable bonds is 2. The molecule has 4 nitrogen and oxygen atoms in total. The van der Waals surface area contributed by atoms with Gasteiger partial charge in [0, 0.05) is 26.2 Å². The Labute approximate surface area is 77.4 Å². The van der Waals surface area contributed by atoms with E-state index in [-0.39, 0.29) is 0 Å². The van der Waals surface area contributed by atoms with E-state index in [1.165, 1.54) is 4.67 Å². The van der Waals surface area contributed by atoms with Crippen LogP contribution in [0.2, 0.25) is 0 Å². The second kappa shape index (κ2) is 4.07. The zero-order valence-corrected chi connectivity index (χ0v) is 8.76. The molecule has 0 radical (unpaired) electrons. The van der Waals surface area contributed by atoms with Crippen molar-refractivity contribution in [2.24, 2.45) is 0 Å². The van der Waals surface area contributed by atoms with Gasteiger partial charge >= 0.3 is 6.87 Å². The third-order valence-electron chi connectivity index (χ3n) is 2.14. The predicted octanol–water partition coefficient (Wildman–Crippen LogP) is 0.963. The van der Waals surface area contributed by atoms with Crippen LogP contribution in [0, 0.1) is 0 Å². The first-order valence-electron chi connectivity index (χ1n) is 4.04. The van der Waals surface area contributed by atoms with Crippen LogP contribution in [0.4, 0.5) is 0 Å². The summed E-state index contributed by atoms with van der Waals surface area (Å²) in [6.07, 6.45) is 0. The van der Waals surface area contributed by atoms with Crippen molar-refractivity contribution in [3.63, 3.8) is 0 Å². The lowest BCUT2D eigenvalue weighted by atomic mass is 10.4. The van der Waals surface area contributed by atoms with Gasteiger partial charge in [0.25, 0.3) is 0 Å². The van der Waals surface area contributed by atoms with E-state index in [4.69, 9.17) is 16.1 Å². The molecular formula is C6H14ClN2O2P. The normalized spacial score (nSPS) is 26.9. The average Bonchev–Trinajstić information content (AvgIpc) is 2.03. The average molecular weight is 213 g/mol. The molecule has 1 heterocycles. The molecule has 0 amide bonds. The molecule has 0 saturated carbocycles. The van der Waals surface area contributed by atoms with E-state index >= 15 is 0 Å². The van der Waals surface area contributed by atoms with Crippen molar-refractivity contribution in [2.45, 2.75) is 6.92 Å². The van der Waals surface area contributed by atoms with E-state index in [2.05, 4.69) is 11.8 Å². The van der Waals surface area contributed by atoms with Gasteiger partial charge in [-0.25, -0.2) is 4.67 Å². The molecule has 0 aliphatic carbocycles. The number of hydrogen-bond donors (Lipinski definition) is 1. The highest BCUT2D eigenvalue weighted by Crippen LogP contribution is 2.50. The maximum absolute atomic E-state index is 11.0. The Morgan fingerprint density at radius 3 is 2.25 bits per heavy atom. The summed E-state index contributed by atoms with van der Waals surface area (Å²) in [7, 11) is 0. The van der Waals surface area contributed by atoms with Crippen LogP contribution >= 0.6 is 18.1 Å². The van der Waals surface area contributed by atoms with E-state index in [0.29, 0.717) is 13.1 Å². The molecule has 1 unspecified atom stereocenters. The Morgan fingerprint density at radius 2 is 1.92 bits per heavy atom. The molecule has 1 aliphatic rings. The minimum absolute atomic E-state index is 0.588. The summed E-state index contributed by atoms with van der Waals surface area (Å²) >= 11 is 5.32. The summed E-state index contributed by atoms with van der Waals surface area (Å²) in [6.45, 7) is 2.40. The van der Waals surface area contributed by atoms with Crippen molar-refractivity contribution >= 4 is 18.1 Å². The minimum atomic E-state index is -3.50. The van der Waals surface area contributed by atoms with Gasteiger partial charge < -0.3 is 9.79 Å². The summed E-state index contributed by atoms with van der Waals surface area (Å²) in [5.41, 5.74) is 0. The highest BCUT2D eigenvalue weighted by atomic mass is 35.7. The van der Waals surface area contributed by atoms with E-state index in [0.717, 1.165) is 19.6 Å². The van der Waals surface area contributed by atoms with E-state index in [1.807, 2.05) is 0 Å². The van der Waals surface area contributed by atoms with Crippen molar-refractivity contribution in [1.82, 2.24) is 9.57 Å². The van der Waals surface area contributed by atoms with Gasteiger partial charge in [0.2, 0.25) is 0 Å². The van der Waals surface area contributed by atoms with Crippen LogP contribution in [0.15, 0.2) is 0 Å². The molecule has 0 aromatic heterocycles. The van der Waals surface area contributed by atoms with Crippen molar-refractivity contribution in [3.05, 3.63) is 0 Å². The van der Waals surface area contributed by atoms with Crippen LogP contribution in [0.1, 0.15) is 6.92 Å². The minimum Gasteiger partial charge on any atom is -0.322 e. The van der Waals surface area contributed by atoms with E-state index < -0.39 is 6.87 Å². The number of likely N-dealkylation sites (N-methyl/N-ethyl adjacent to an activating group) is 1. The van der Waals surface area contributed by atoms with Crippen molar-refractivity contribution in [1.29, 1.82) is 0 Å². The lowest BCUT2D eigenvalue weighted by Gasteiger charge is -2.33. The van der Waals surface area contributed by atoms with Crippen molar-refractivity contribution in [3.8, 4) is 0 Å². The Morgan fingerprint density at radius 1 is 1.42 bits per heavy atom. The molecule has 1 aliphatic heterocycles. The zero-order valence-electron chi connectivity index (χ0n) is 7.11. The molecule has 1 N–H and O–H groups in total. The Balaban J connectivity index is 2.41. The summed E-state index contributed by atoms with van der Waals surface area (Å²) in [5.74, 6) is 0. The molecular weight excluding hydrogens is 199 g/mol. The first kappa shape index (κ1) is 10.5. The fourth-order valence-electron chi connectivity index (χ4n) is 1.30. The van der Waals surface area contributed by atoms with Gasteiger partial charge in [-0.15, -0.1) is 0 Å². The quantitative estimate of drug-likeness (QED) is 0.693. The molecule has 1 rings (SSSR count). The lowest BCUT2D eigenvalue weighted by molar-refractivity contribution is 0.188. The first-order valence-corrected chi connectivity index (χ1v) is 6.56. The largest absolute Gasteiger partial charge is 0.360 e. The molecule has 1 atom stereocenters. The summed E-state index contributed by atoms with van der Waals surface area (Å²) in [5, 5.41) is 0. The van der Waals surface area contributed by atoms with E-state index in [9.17, 15) is 4.57 Å². The fraction of sp³-hybridized carbons (Fsp3) is 1.00. The second-order valence-electron chi connectivity index (χ2n) is 2.86. The monoisotopic (exact) mass is 212 g/mol. The molecule has 1 saturated heterocycles. The highest BCUT2D eigenvalue weighted by molar-refractivity contribution is 7.82. The third-order valence-corrected chi connectivity index (χ3v) is 3.88. The zero-order chi connectivity index (χ0) is 9.19. The summed E-state index contributed by atoms with van der Waals surface area (Å²) < 4.78 is 12.4. The lowest BCUT2D eigenvalue weighted by Crippen LogP contribution is -2.43. The molecule has 0 aromatic rings. The number of nitrogens with zero attached hydrogens (tertiary/aromatic N) is 2. The highest BCUT2D eigenvalue weighted by Gasteiger charge is 2.28. The Kier molecular flexibility index (Phi) is 3.56. The molecule has 0 bridgehead atoms. The second-order valence-corrected chi connectivity index (χ2v) is 5.69.